The maximum absolute atomic E-state index is 5.92. The second-order valence-electron chi connectivity index (χ2n) is 5.96. The van der Waals surface area contributed by atoms with E-state index in [0.717, 1.165) is 37.0 Å². The van der Waals surface area contributed by atoms with Crippen molar-refractivity contribution in [2.45, 2.75) is 19.0 Å². The zero-order chi connectivity index (χ0) is 16.8. The van der Waals surface area contributed by atoms with Crippen LogP contribution in [-0.4, -0.2) is 32.1 Å². The Morgan fingerprint density at radius 1 is 1.17 bits per heavy atom. The minimum absolute atomic E-state index is 0.404. The molecule has 0 aromatic heterocycles. The molecule has 1 atom stereocenters. The lowest BCUT2D eigenvalue weighted by molar-refractivity contribution is 0.648. The monoisotopic (exact) mass is 342 g/mol. The first-order valence-corrected chi connectivity index (χ1v) is 8.64. The SMILES string of the molecule is CN=C(NCc1ccc(Cl)cc1)NC1CCN(c2ccccc2)C1. The van der Waals surface area contributed by atoms with Gasteiger partial charge in [-0.25, -0.2) is 0 Å². The number of halogens is 1. The molecule has 0 radical (unpaired) electrons. The second kappa shape index (κ2) is 8.06. The van der Waals surface area contributed by atoms with Crippen molar-refractivity contribution in [1.29, 1.82) is 0 Å². The Morgan fingerprint density at radius 3 is 2.62 bits per heavy atom. The summed E-state index contributed by atoms with van der Waals surface area (Å²) in [5.41, 5.74) is 2.46. The van der Waals surface area contributed by atoms with Gasteiger partial charge in [-0.05, 0) is 36.2 Å². The van der Waals surface area contributed by atoms with Crippen LogP contribution in [0.1, 0.15) is 12.0 Å². The molecule has 5 heteroatoms. The van der Waals surface area contributed by atoms with Crippen LogP contribution in [0.4, 0.5) is 5.69 Å². The van der Waals surface area contributed by atoms with E-state index < -0.39 is 0 Å². The van der Waals surface area contributed by atoms with Crippen molar-refractivity contribution in [2.75, 3.05) is 25.0 Å². The molecule has 24 heavy (non-hydrogen) atoms. The van der Waals surface area contributed by atoms with Crippen LogP contribution in [0, 0.1) is 0 Å². The van der Waals surface area contributed by atoms with Crippen molar-refractivity contribution >= 4 is 23.2 Å². The van der Waals surface area contributed by atoms with E-state index in [1.807, 2.05) is 24.3 Å². The third-order valence-electron chi connectivity index (χ3n) is 4.25. The van der Waals surface area contributed by atoms with Crippen molar-refractivity contribution in [3.63, 3.8) is 0 Å². The number of nitrogens with one attached hydrogen (secondary N) is 2. The summed E-state index contributed by atoms with van der Waals surface area (Å²) in [6, 6.07) is 18.8. The Labute approximate surface area is 148 Å². The van der Waals surface area contributed by atoms with Crippen molar-refractivity contribution in [1.82, 2.24) is 10.6 Å². The van der Waals surface area contributed by atoms with E-state index in [-0.39, 0.29) is 0 Å². The van der Waals surface area contributed by atoms with E-state index in [2.05, 4.69) is 50.9 Å². The molecule has 0 spiro atoms. The molecule has 0 aliphatic carbocycles. The maximum atomic E-state index is 5.92. The van der Waals surface area contributed by atoms with Crippen molar-refractivity contribution < 1.29 is 0 Å². The van der Waals surface area contributed by atoms with Gasteiger partial charge in [-0.15, -0.1) is 0 Å². The van der Waals surface area contributed by atoms with E-state index in [4.69, 9.17) is 11.6 Å². The number of guanidine groups is 1. The number of aliphatic imine (C=N–C) groups is 1. The lowest BCUT2D eigenvalue weighted by Gasteiger charge is -2.20. The number of hydrogen-bond acceptors (Lipinski definition) is 2. The van der Waals surface area contributed by atoms with E-state index in [9.17, 15) is 0 Å². The molecule has 0 amide bonds. The van der Waals surface area contributed by atoms with Gasteiger partial charge in [0.05, 0.1) is 0 Å². The largest absolute Gasteiger partial charge is 0.369 e. The molecule has 2 aromatic rings. The third-order valence-corrected chi connectivity index (χ3v) is 4.50. The zero-order valence-electron chi connectivity index (χ0n) is 13.9. The smallest absolute Gasteiger partial charge is 0.191 e. The molecule has 4 nitrogen and oxygen atoms in total. The molecule has 1 heterocycles. The molecule has 0 bridgehead atoms. The lowest BCUT2D eigenvalue weighted by atomic mass is 10.2. The fourth-order valence-corrected chi connectivity index (χ4v) is 3.05. The van der Waals surface area contributed by atoms with Gasteiger partial charge in [0, 0.05) is 43.4 Å². The molecular weight excluding hydrogens is 320 g/mol. The highest BCUT2D eigenvalue weighted by molar-refractivity contribution is 6.30. The van der Waals surface area contributed by atoms with Gasteiger partial charge in [0.25, 0.3) is 0 Å². The molecule has 1 fully saturated rings. The van der Waals surface area contributed by atoms with Gasteiger partial charge in [0.1, 0.15) is 0 Å². The average Bonchev–Trinajstić information content (AvgIpc) is 3.09. The molecule has 2 N–H and O–H groups in total. The Hall–Kier alpha value is -2.20. The van der Waals surface area contributed by atoms with Crippen molar-refractivity contribution in [3.05, 3.63) is 65.2 Å². The number of benzene rings is 2. The van der Waals surface area contributed by atoms with Crippen LogP contribution in [-0.2, 0) is 6.54 Å². The summed E-state index contributed by atoms with van der Waals surface area (Å²) in [6.07, 6.45) is 1.11. The van der Waals surface area contributed by atoms with Gasteiger partial charge in [-0.2, -0.15) is 0 Å². The molecular formula is C19H23ClN4. The Morgan fingerprint density at radius 2 is 1.92 bits per heavy atom. The zero-order valence-corrected chi connectivity index (χ0v) is 14.6. The van der Waals surface area contributed by atoms with Crippen molar-refractivity contribution in [2.24, 2.45) is 4.99 Å². The van der Waals surface area contributed by atoms with Crippen molar-refractivity contribution in [3.8, 4) is 0 Å². The topological polar surface area (TPSA) is 39.7 Å². The quantitative estimate of drug-likeness (QED) is 0.661. The first-order chi connectivity index (χ1) is 11.7. The van der Waals surface area contributed by atoms with Gasteiger partial charge >= 0.3 is 0 Å². The van der Waals surface area contributed by atoms with Gasteiger partial charge in [-0.1, -0.05) is 41.9 Å². The molecule has 0 saturated carbocycles. The molecule has 3 rings (SSSR count). The lowest BCUT2D eigenvalue weighted by Crippen LogP contribution is -2.44. The number of para-hydroxylation sites is 1. The molecule has 126 valence electrons. The predicted octanol–water partition coefficient (Wildman–Crippen LogP) is 3.28. The third kappa shape index (κ3) is 4.42. The summed E-state index contributed by atoms with van der Waals surface area (Å²) in [7, 11) is 1.81. The van der Waals surface area contributed by atoms with Gasteiger partial charge in [-0.3, -0.25) is 4.99 Å². The average molecular weight is 343 g/mol. The Bertz CT molecular complexity index is 670. The van der Waals surface area contributed by atoms with E-state index in [1.54, 1.807) is 7.05 Å². The van der Waals surface area contributed by atoms with Crippen LogP contribution in [0.25, 0.3) is 0 Å². The number of anilines is 1. The standard InChI is InChI=1S/C19H23ClN4/c1-21-19(22-13-15-7-9-16(20)10-8-15)23-17-11-12-24(14-17)18-5-3-2-4-6-18/h2-10,17H,11-14H2,1H3,(H2,21,22,23). The number of nitrogens with zero attached hydrogens (tertiary/aromatic N) is 2. The summed E-state index contributed by atoms with van der Waals surface area (Å²) in [5, 5.41) is 7.64. The van der Waals surface area contributed by atoms with Crippen LogP contribution in [0.5, 0.6) is 0 Å². The Kier molecular flexibility index (Phi) is 5.59. The predicted molar refractivity (Wildman–Crippen MR) is 102 cm³/mol. The summed E-state index contributed by atoms with van der Waals surface area (Å²) in [5.74, 6) is 0.838. The van der Waals surface area contributed by atoms with Crippen LogP contribution in [0.3, 0.4) is 0 Å². The second-order valence-corrected chi connectivity index (χ2v) is 6.40. The molecule has 1 aliphatic rings. The number of hydrogen-bond donors (Lipinski definition) is 2. The fraction of sp³-hybridized carbons (Fsp3) is 0.316. The molecule has 1 unspecified atom stereocenters. The summed E-state index contributed by atoms with van der Waals surface area (Å²) in [4.78, 5) is 6.74. The molecule has 2 aromatic carbocycles. The highest BCUT2D eigenvalue weighted by Crippen LogP contribution is 2.19. The van der Waals surface area contributed by atoms with Crippen LogP contribution in [0.15, 0.2) is 59.6 Å². The number of rotatable bonds is 4. The Balaban J connectivity index is 1.50. The fourth-order valence-electron chi connectivity index (χ4n) is 2.93. The first kappa shape index (κ1) is 16.7. The van der Waals surface area contributed by atoms with Crippen LogP contribution in [0.2, 0.25) is 5.02 Å². The maximum Gasteiger partial charge on any atom is 0.191 e. The minimum atomic E-state index is 0.404. The van der Waals surface area contributed by atoms with Gasteiger partial charge in [0.2, 0.25) is 0 Å². The highest BCUT2D eigenvalue weighted by atomic mass is 35.5. The van der Waals surface area contributed by atoms with E-state index in [1.165, 1.54) is 11.3 Å². The first-order valence-electron chi connectivity index (χ1n) is 8.26. The summed E-state index contributed by atoms with van der Waals surface area (Å²) >= 11 is 5.92. The summed E-state index contributed by atoms with van der Waals surface area (Å²) < 4.78 is 0. The van der Waals surface area contributed by atoms with Gasteiger partial charge < -0.3 is 15.5 Å². The van der Waals surface area contributed by atoms with Crippen LogP contribution >= 0.6 is 11.6 Å². The van der Waals surface area contributed by atoms with Gasteiger partial charge in [0.15, 0.2) is 5.96 Å². The highest BCUT2D eigenvalue weighted by Gasteiger charge is 2.23. The minimum Gasteiger partial charge on any atom is -0.369 e. The van der Waals surface area contributed by atoms with E-state index >= 15 is 0 Å². The van der Waals surface area contributed by atoms with Crippen LogP contribution < -0.4 is 15.5 Å². The van der Waals surface area contributed by atoms with E-state index in [0.29, 0.717) is 6.04 Å². The molecule has 1 saturated heterocycles. The summed E-state index contributed by atoms with van der Waals surface area (Å²) in [6.45, 7) is 2.79. The normalized spacial score (nSPS) is 17.8. The molecule has 1 aliphatic heterocycles.